The van der Waals surface area contributed by atoms with E-state index in [4.69, 9.17) is 10.5 Å². The SMILES string of the molecule is Cc1cc(=O)n(C)c2c3c4c(cc12)c(C)cc(=O)n4C(C(N)=O)O3. The van der Waals surface area contributed by atoms with Gasteiger partial charge in [0.25, 0.3) is 23.3 Å². The fourth-order valence-corrected chi connectivity index (χ4v) is 3.42. The molecule has 1 aromatic carbocycles. The molecule has 0 aliphatic carbocycles. The average Bonchev–Trinajstić information content (AvgIpc) is 2.91. The number of carbonyl (C=O) groups excluding carboxylic acids is 1. The molecule has 2 aromatic heterocycles. The van der Waals surface area contributed by atoms with E-state index in [1.54, 1.807) is 13.1 Å². The number of carbonyl (C=O) groups is 1. The second-order valence-corrected chi connectivity index (χ2v) is 6.13. The van der Waals surface area contributed by atoms with E-state index in [1.165, 1.54) is 15.2 Å². The van der Waals surface area contributed by atoms with Crippen LogP contribution >= 0.6 is 0 Å². The summed E-state index contributed by atoms with van der Waals surface area (Å²) in [5.41, 5.74) is 7.48. The fourth-order valence-electron chi connectivity index (χ4n) is 3.42. The molecule has 1 unspecified atom stereocenters. The quantitative estimate of drug-likeness (QED) is 0.671. The molecule has 122 valence electrons. The second-order valence-electron chi connectivity index (χ2n) is 6.13. The zero-order chi connectivity index (χ0) is 17.3. The highest BCUT2D eigenvalue weighted by Gasteiger charge is 2.34. The zero-order valence-corrected chi connectivity index (χ0v) is 13.4. The zero-order valence-electron chi connectivity index (χ0n) is 13.4. The van der Waals surface area contributed by atoms with Crippen LogP contribution in [0, 0.1) is 13.8 Å². The molecular formula is C17H15N3O4. The van der Waals surface area contributed by atoms with Crippen LogP contribution in [0.5, 0.6) is 5.75 Å². The Morgan fingerprint density at radius 1 is 1.04 bits per heavy atom. The lowest BCUT2D eigenvalue weighted by Crippen LogP contribution is -2.34. The lowest BCUT2D eigenvalue weighted by atomic mass is 10.0. The van der Waals surface area contributed by atoms with Crippen molar-refractivity contribution in [2.75, 3.05) is 0 Å². The molecule has 0 saturated heterocycles. The molecule has 2 N–H and O–H groups in total. The first-order chi connectivity index (χ1) is 11.3. The maximum atomic E-state index is 12.4. The van der Waals surface area contributed by atoms with Crippen LogP contribution in [-0.4, -0.2) is 15.0 Å². The Labute approximate surface area is 135 Å². The van der Waals surface area contributed by atoms with Gasteiger partial charge in [0, 0.05) is 30.0 Å². The van der Waals surface area contributed by atoms with Gasteiger partial charge in [-0.2, -0.15) is 0 Å². The molecule has 1 aliphatic rings. The Bertz CT molecular complexity index is 1190. The van der Waals surface area contributed by atoms with Crippen molar-refractivity contribution >= 4 is 27.7 Å². The van der Waals surface area contributed by atoms with E-state index in [1.807, 2.05) is 19.9 Å². The monoisotopic (exact) mass is 325 g/mol. The Morgan fingerprint density at radius 2 is 1.62 bits per heavy atom. The number of hydrogen-bond donors (Lipinski definition) is 1. The molecule has 3 aromatic rings. The van der Waals surface area contributed by atoms with E-state index >= 15 is 0 Å². The minimum atomic E-state index is -1.21. The third kappa shape index (κ3) is 1.63. The standard InChI is InChI=1S/C17H15N3O4/c1-7-4-11(21)19(3)13-9(7)6-10-8(2)5-12(22)20-14(10)15(13)24-17(20)16(18)23/h4-6,17H,1-3H3,(H2,18,23). The third-order valence-electron chi connectivity index (χ3n) is 4.61. The number of aromatic nitrogens is 2. The van der Waals surface area contributed by atoms with E-state index in [9.17, 15) is 14.4 Å². The lowest BCUT2D eigenvalue weighted by molar-refractivity contribution is -0.127. The van der Waals surface area contributed by atoms with Crippen LogP contribution in [0.25, 0.3) is 21.8 Å². The number of hydrogen-bond acceptors (Lipinski definition) is 4. The molecule has 1 aliphatic heterocycles. The van der Waals surface area contributed by atoms with Gasteiger partial charge >= 0.3 is 0 Å². The molecule has 0 spiro atoms. The summed E-state index contributed by atoms with van der Waals surface area (Å²) in [5.74, 6) is -0.417. The summed E-state index contributed by atoms with van der Waals surface area (Å²) in [7, 11) is 1.63. The number of ether oxygens (including phenoxy) is 1. The Balaban J connectivity index is 2.35. The molecule has 1 amide bonds. The van der Waals surface area contributed by atoms with Gasteiger partial charge < -0.3 is 15.0 Å². The molecule has 24 heavy (non-hydrogen) atoms. The number of primary amides is 1. The molecule has 0 radical (unpaired) electrons. The van der Waals surface area contributed by atoms with Crippen LogP contribution in [0.4, 0.5) is 0 Å². The normalized spacial score (nSPS) is 15.9. The smallest absolute Gasteiger partial charge is 0.280 e. The summed E-state index contributed by atoms with van der Waals surface area (Å²) in [6.07, 6.45) is -1.21. The second kappa shape index (κ2) is 4.47. The van der Waals surface area contributed by atoms with Crippen molar-refractivity contribution in [3.05, 3.63) is 50.0 Å². The van der Waals surface area contributed by atoms with E-state index in [0.29, 0.717) is 16.8 Å². The first-order valence-electron chi connectivity index (χ1n) is 7.46. The number of rotatable bonds is 1. The predicted octanol–water partition coefficient (Wildman–Crippen LogP) is 0.847. The number of amides is 1. The summed E-state index contributed by atoms with van der Waals surface area (Å²) in [4.78, 5) is 36.3. The van der Waals surface area contributed by atoms with Crippen LogP contribution in [0.2, 0.25) is 0 Å². The summed E-state index contributed by atoms with van der Waals surface area (Å²) in [6, 6.07) is 4.92. The van der Waals surface area contributed by atoms with Gasteiger partial charge in [-0.3, -0.25) is 19.0 Å². The maximum Gasteiger partial charge on any atom is 0.280 e. The third-order valence-corrected chi connectivity index (χ3v) is 4.61. The Kier molecular flexibility index (Phi) is 2.70. The number of benzene rings is 1. The first-order valence-corrected chi connectivity index (χ1v) is 7.46. The average molecular weight is 325 g/mol. The summed E-state index contributed by atoms with van der Waals surface area (Å²) in [6.45, 7) is 3.67. The minimum absolute atomic E-state index is 0.191. The van der Waals surface area contributed by atoms with Crippen molar-refractivity contribution in [2.45, 2.75) is 20.1 Å². The van der Waals surface area contributed by atoms with E-state index in [0.717, 1.165) is 21.9 Å². The highest BCUT2D eigenvalue weighted by atomic mass is 16.5. The van der Waals surface area contributed by atoms with Crippen molar-refractivity contribution in [2.24, 2.45) is 12.8 Å². The molecule has 0 saturated carbocycles. The number of nitrogens with zero attached hydrogens (tertiary/aromatic N) is 2. The summed E-state index contributed by atoms with van der Waals surface area (Å²) >= 11 is 0. The maximum absolute atomic E-state index is 12.4. The van der Waals surface area contributed by atoms with E-state index < -0.39 is 12.1 Å². The van der Waals surface area contributed by atoms with Gasteiger partial charge in [-0.25, -0.2) is 0 Å². The molecule has 4 rings (SSSR count). The van der Waals surface area contributed by atoms with Gasteiger partial charge in [0.2, 0.25) is 0 Å². The fraction of sp³-hybridized carbons (Fsp3) is 0.235. The van der Waals surface area contributed by atoms with Gasteiger partial charge in [-0.15, -0.1) is 0 Å². The molecule has 0 fully saturated rings. The molecule has 1 atom stereocenters. The minimum Gasteiger partial charge on any atom is -0.456 e. The lowest BCUT2D eigenvalue weighted by Gasteiger charge is -2.12. The Morgan fingerprint density at radius 3 is 2.25 bits per heavy atom. The van der Waals surface area contributed by atoms with Crippen molar-refractivity contribution < 1.29 is 9.53 Å². The van der Waals surface area contributed by atoms with Gasteiger partial charge in [-0.05, 0) is 31.0 Å². The van der Waals surface area contributed by atoms with E-state index in [-0.39, 0.29) is 11.1 Å². The predicted molar refractivity (Wildman–Crippen MR) is 89.3 cm³/mol. The molecule has 3 heterocycles. The summed E-state index contributed by atoms with van der Waals surface area (Å²) in [5, 5.41) is 1.63. The Hall–Kier alpha value is -3.09. The van der Waals surface area contributed by atoms with Crippen LogP contribution in [0.3, 0.4) is 0 Å². The first kappa shape index (κ1) is 14.5. The number of nitrogens with two attached hydrogens (primary N) is 1. The van der Waals surface area contributed by atoms with Crippen molar-refractivity contribution in [3.63, 3.8) is 0 Å². The van der Waals surface area contributed by atoms with Crippen molar-refractivity contribution in [3.8, 4) is 5.75 Å². The molecule has 0 bridgehead atoms. The van der Waals surface area contributed by atoms with Crippen LogP contribution < -0.4 is 21.6 Å². The highest BCUT2D eigenvalue weighted by Crippen LogP contribution is 2.42. The van der Waals surface area contributed by atoms with Crippen LogP contribution in [0.1, 0.15) is 17.4 Å². The van der Waals surface area contributed by atoms with Gasteiger partial charge in [0.1, 0.15) is 5.52 Å². The highest BCUT2D eigenvalue weighted by molar-refractivity contribution is 6.06. The summed E-state index contributed by atoms with van der Waals surface area (Å²) < 4.78 is 8.47. The van der Waals surface area contributed by atoms with Gasteiger partial charge in [-0.1, -0.05) is 0 Å². The van der Waals surface area contributed by atoms with E-state index in [2.05, 4.69) is 0 Å². The van der Waals surface area contributed by atoms with Crippen molar-refractivity contribution in [1.82, 2.24) is 9.13 Å². The van der Waals surface area contributed by atoms with Crippen molar-refractivity contribution in [1.29, 1.82) is 0 Å². The molecule has 7 nitrogen and oxygen atoms in total. The molecule has 7 heteroatoms. The van der Waals surface area contributed by atoms with Crippen LogP contribution in [-0.2, 0) is 11.8 Å². The van der Waals surface area contributed by atoms with Crippen LogP contribution in [0.15, 0.2) is 27.8 Å². The number of aryl methyl sites for hydroxylation is 3. The molecular weight excluding hydrogens is 310 g/mol. The number of pyridine rings is 2. The largest absolute Gasteiger partial charge is 0.456 e. The topological polar surface area (TPSA) is 96.3 Å². The van der Waals surface area contributed by atoms with Gasteiger partial charge in [0.15, 0.2) is 5.75 Å². The number of fused-ring (bicyclic) bond motifs is 2. The van der Waals surface area contributed by atoms with Gasteiger partial charge in [0.05, 0.1) is 5.52 Å².